The van der Waals surface area contributed by atoms with Crippen LogP contribution in [0.15, 0.2) is 27.4 Å². The van der Waals surface area contributed by atoms with Crippen molar-refractivity contribution in [2.45, 2.75) is 30.0 Å². The summed E-state index contributed by atoms with van der Waals surface area (Å²) in [5, 5.41) is 11.3. The molecular formula is C14H17N3OS3. The van der Waals surface area contributed by atoms with E-state index in [1.165, 1.54) is 34.2 Å². The van der Waals surface area contributed by atoms with Crippen LogP contribution in [0.3, 0.4) is 0 Å². The van der Waals surface area contributed by atoms with Gasteiger partial charge in [-0.25, -0.2) is 0 Å². The van der Waals surface area contributed by atoms with Crippen molar-refractivity contribution in [1.29, 1.82) is 0 Å². The van der Waals surface area contributed by atoms with Gasteiger partial charge in [-0.15, -0.1) is 22.0 Å². The number of hydrogen-bond donors (Lipinski definition) is 1. The number of nitrogens with zero attached hydrogens (tertiary/aromatic N) is 2. The molecule has 1 amide bonds. The summed E-state index contributed by atoms with van der Waals surface area (Å²) in [7, 11) is 0. The molecule has 2 aromatic rings. The summed E-state index contributed by atoms with van der Waals surface area (Å²) in [6.07, 6.45) is 0. The van der Waals surface area contributed by atoms with Crippen LogP contribution in [0.1, 0.15) is 18.1 Å². The van der Waals surface area contributed by atoms with Crippen molar-refractivity contribution in [3.63, 3.8) is 0 Å². The van der Waals surface area contributed by atoms with Gasteiger partial charge in [-0.3, -0.25) is 10.1 Å². The van der Waals surface area contributed by atoms with Crippen molar-refractivity contribution in [2.24, 2.45) is 0 Å². The van der Waals surface area contributed by atoms with Gasteiger partial charge in [0.05, 0.1) is 5.75 Å². The Kier molecular flexibility index (Phi) is 6.08. The molecule has 1 N–H and O–H groups in total. The number of anilines is 1. The van der Waals surface area contributed by atoms with Crippen molar-refractivity contribution in [2.75, 3.05) is 16.8 Å². The van der Waals surface area contributed by atoms with Gasteiger partial charge in [0, 0.05) is 4.90 Å². The Hall–Kier alpha value is -1.05. The van der Waals surface area contributed by atoms with Gasteiger partial charge >= 0.3 is 0 Å². The van der Waals surface area contributed by atoms with E-state index < -0.39 is 0 Å². The number of benzene rings is 1. The summed E-state index contributed by atoms with van der Waals surface area (Å²) in [5.74, 6) is 1.27. The molecule has 0 fully saturated rings. The summed E-state index contributed by atoms with van der Waals surface area (Å²) in [6.45, 7) is 6.19. The number of aryl methyl sites for hydroxylation is 2. The van der Waals surface area contributed by atoms with E-state index in [1.54, 1.807) is 11.8 Å². The Morgan fingerprint density at radius 1 is 1.29 bits per heavy atom. The molecule has 1 aromatic carbocycles. The number of amides is 1. The minimum atomic E-state index is -0.0517. The molecule has 0 saturated carbocycles. The first-order valence-electron chi connectivity index (χ1n) is 6.54. The highest BCUT2D eigenvalue weighted by Crippen LogP contribution is 2.26. The number of carbonyl (C=O) groups excluding carboxylic acids is 1. The van der Waals surface area contributed by atoms with E-state index in [0.29, 0.717) is 10.9 Å². The molecule has 1 heterocycles. The molecule has 0 saturated heterocycles. The van der Waals surface area contributed by atoms with Crippen LogP contribution in [-0.2, 0) is 4.79 Å². The van der Waals surface area contributed by atoms with Crippen LogP contribution in [0.4, 0.5) is 5.13 Å². The molecule has 2 rings (SSSR count). The first kappa shape index (κ1) is 16.3. The van der Waals surface area contributed by atoms with Crippen LogP contribution in [-0.4, -0.2) is 27.6 Å². The molecule has 7 heteroatoms. The predicted octanol–water partition coefficient (Wildman–Crippen LogP) is 4.00. The Morgan fingerprint density at radius 3 is 2.81 bits per heavy atom. The maximum Gasteiger partial charge on any atom is 0.236 e. The van der Waals surface area contributed by atoms with Gasteiger partial charge in [0.25, 0.3) is 0 Å². The van der Waals surface area contributed by atoms with Gasteiger partial charge < -0.3 is 0 Å². The quantitative estimate of drug-likeness (QED) is 0.637. The number of thioether (sulfide) groups is 2. The first-order chi connectivity index (χ1) is 10.1. The zero-order valence-electron chi connectivity index (χ0n) is 12.2. The van der Waals surface area contributed by atoms with Gasteiger partial charge in [-0.2, -0.15) is 0 Å². The lowest BCUT2D eigenvalue weighted by molar-refractivity contribution is -0.113. The molecule has 0 radical (unpaired) electrons. The number of hydrogen-bond acceptors (Lipinski definition) is 6. The van der Waals surface area contributed by atoms with E-state index in [1.807, 2.05) is 0 Å². The topological polar surface area (TPSA) is 54.9 Å². The zero-order valence-corrected chi connectivity index (χ0v) is 14.6. The molecule has 1 aromatic heterocycles. The van der Waals surface area contributed by atoms with Gasteiger partial charge in [-0.1, -0.05) is 47.7 Å². The van der Waals surface area contributed by atoms with Crippen molar-refractivity contribution >= 4 is 45.9 Å². The standard InChI is InChI=1S/C14H17N3OS3/c1-4-19-14-17-16-13(21-14)15-12(18)8-20-11-6-5-9(2)7-10(11)3/h5-7H,4,8H2,1-3H3,(H,15,16,18). The Balaban J connectivity index is 1.86. The van der Waals surface area contributed by atoms with Gasteiger partial charge in [0.1, 0.15) is 0 Å². The van der Waals surface area contributed by atoms with Crippen molar-refractivity contribution < 1.29 is 4.79 Å². The number of rotatable bonds is 6. The molecule has 0 bridgehead atoms. The molecule has 0 atom stereocenters. The number of aromatic nitrogens is 2. The molecule has 0 aliphatic rings. The smallest absolute Gasteiger partial charge is 0.236 e. The van der Waals surface area contributed by atoms with Crippen molar-refractivity contribution in [3.05, 3.63) is 29.3 Å². The van der Waals surface area contributed by atoms with E-state index in [-0.39, 0.29) is 5.91 Å². The largest absolute Gasteiger partial charge is 0.300 e. The summed E-state index contributed by atoms with van der Waals surface area (Å²) in [5.41, 5.74) is 2.43. The van der Waals surface area contributed by atoms with Crippen LogP contribution in [0.25, 0.3) is 0 Å². The maximum absolute atomic E-state index is 11.9. The monoisotopic (exact) mass is 339 g/mol. The van der Waals surface area contributed by atoms with Gasteiger partial charge in [0.2, 0.25) is 11.0 Å². The minimum Gasteiger partial charge on any atom is -0.300 e. The van der Waals surface area contributed by atoms with Crippen LogP contribution >= 0.6 is 34.9 Å². The molecule has 0 spiro atoms. The Bertz CT molecular complexity index is 628. The van der Waals surface area contributed by atoms with Crippen molar-refractivity contribution in [3.8, 4) is 0 Å². The van der Waals surface area contributed by atoms with E-state index in [2.05, 4.69) is 54.5 Å². The van der Waals surface area contributed by atoms with Crippen molar-refractivity contribution in [1.82, 2.24) is 10.2 Å². The average Bonchev–Trinajstić information content (AvgIpc) is 2.85. The first-order valence-corrected chi connectivity index (χ1v) is 9.33. The second kappa shape index (κ2) is 7.82. The normalized spacial score (nSPS) is 10.6. The Morgan fingerprint density at radius 2 is 2.10 bits per heavy atom. The highest BCUT2D eigenvalue weighted by Gasteiger charge is 2.09. The lowest BCUT2D eigenvalue weighted by Gasteiger charge is -2.06. The summed E-state index contributed by atoms with van der Waals surface area (Å²) in [6, 6.07) is 6.25. The summed E-state index contributed by atoms with van der Waals surface area (Å²) < 4.78 is 0.884. The number of carbonyl (C=O) groups is 1. The molecule has 21 heavy (non-hydrogen) atoms. The highest BCUT2D eigenvalue weighted by atomic mass is 32.2. The Labute approximate surface area is 137 Å². The maximum atomic E-state index is 11.9. The van der Waals surface area contributed by atoms with E-state index in [9.17, 15) is 4.79 Å². The lowest BCUT2D eigenvalue weighted by Crippen LogP contribution is -2.13. The number of nitrogens with one attached hydrogen (secondary N) is 1. The van der Waals surface area contributed by atoms with Gasteiger partial charge in [0.15, 0.2) is 4.34 Å². The molecular weight excluding hydrogens is 322 g/mol. The third-order valence-corrected chi connectivity index (χ3v) is 5.64. The second-order valence-electron chi connectivity index (χ2n) is 4.41. The van der Waals surface area contributed by atoms with Crippen LogP contribution in [0.2, 0.25) is 0 Å². The zero-order chi connectivity index (χ0) is 15.2. The molecule has 112 valence electrons. The summed E-state index contributed by atoms with van der Waals surface area (Å²) in [4.78, 5) is 13.1. The lowest BCUT2D eigenvalue weighted by atomic mass is 10.2. The highest BCUT2D eigenvalue weighted by molar-refractivity contribution is 8.01. The molecule has 4 nitrogen and oxygen atoms in total. The fourth-order valence-corrected chi connectivity index (χ4v) is 4.18. The molecule has 0 aliphatic heterocycles. The van der Waals surface area contributed by atoms with Gasteiger partial charge in [-0.05, 0) is 31.2 Å². The van der Waals surface area contributed by atoms with E-state index >= 15 is 0 Å². The SMILES string of the molecule is CCSc1nnc(NC(=O)CSc2ccc(C)cc2C)s1. The fourth-order valence-electron chi connectivity index (χ4n) is 1.70. The van der Waals surface area contributed by atoms with Crippen LogP contribution < -0.4 is 5.32 Å². The fraction of sp³-hybridized carbons (Fsp3) is 0.357. The summed E-state index contributed by atoms with van der Waals surface area (Å²) >= 11 is 4.58. The van der Waals surface area contributed by atoms with Crippen LogP contribution in [0, 0.1) is 13.8 Å². The van der Waals surface area contributed by atoms with E-state index in [4.69, 9.17) is 0 Å². The van der Waals surface area contributed by atoms with Crippen LogP contribution in [0.5, 0.6) is 0 Å². The third-order valence-electron chi connectivity index (χ3n) is 2.61. The van der Waals surface area contributed by atoms with E-state index in [0.717, 1.165) is 15.0 Å². The average molecular weight is 340 g/mol. The second-order valence-corrected chi connectivity index (χ2v) is 7.92. The molecule has 0 aliphatic carbocycles. The molecule has 0 unspecified atom stereocenters. The minimum absolute atomic E-state index is 0.0517. The predicted molar refractivity (Wildman–Crippen MR) is 91.6 cm³/mol. The third kappa shape index (κ3) is 5.01.